The minimum atomic E-state index is -0.324. The van der Waals surface area contributed by atoms with Crippen molar-refractivity contribution in [2.24, 2.45) is 5.73 Å². The molecule has 0 spiro atoms. The highest BCUT2D eigenvalue weighted by molar-refractivity contribution is 7.13. The van der Waals surface area contributed by atoms with Crippen LogP contribution in [0.5, 0.6) is 0 Å². The maximum absolute atomic E-state index is 11.0. The number of aromatic nitrogens is 2. The molecule has 1 amide bonds. The number of hydrogen-bond donors (Lipinski definition) is 3. The number of nitrogens with one attached hydrogen (secondary N) is 2. The van der Waals surface area contributed by atoms with Crippen molar-refractivity contribution in [1.82, 2.24) is 15.5 Å². The molecule has 4 N–H and O–H groups in total. The van der Waals surface area contributed by atoms with E-state index in [1.165, 1.54) is 0 Å². The van der Waals surface area contributed by atoms with Crippen LogP contribution in [0.2, 0.25) is 0 Å². The molecule has 0 saturated heterocycles. The van der Waals surface area contributed by atoms with Crippen molar-refractivity contribution < 1.29 is 4.79 Å². The highest BCUT2D eigenvalue weighted by Crippen LogP contribution is 2.26. The van der Waals surface area contributed by atoms with Crippen LogP contribution in [0.15, 0.2) is 23.7 Å². The summed E-state index contributed by atoms with van der Waals surface area (Å²) in [6, 6.07) is 4.06. The van der Waals surface area contributed by atoms with Crippen LogP contribution >= 0.6 is 11.3 Å². The van der Waals surface area contributed by atoms with Crippen molar-refractivity contribution in [2.75, 3.05) is 0 Å². The first-order valence-electron chi connectivity index (χ1n) is 6.07. The van der Waals surface area contributed by atoms with Crippen LogP contribution in [-0.2, 0) is 11.3 Å². The molecule has 2 aromatic heterocycles. The number of nitrogens with zero attached hydrogens (tertiary/aromatic N) is 1. The maximum Gasteiger partial charge on any atom is 0.219 e. The van der Waals surface area contributed by atoms with E-state index in [-0.39, 0.29) is 11.4 Å². The number of rotatable bonds is 6. The summed E-state index contributed by atoms with van der Waals surface area (Å²) in [5, 5.41) is 12.5. The second-order valence-corrected chi connectivity index (χ2v) is 6.08. The van der Waals surface area contributed by atoms with Gasteiger partial charge in [-0.25, -0.2) is 0 Å². The van der Waals surface area contributed by atoms with Crippen LogP contribution in [-0.4, -0.2) is 21.6 Å². The Hall–Kier alpha value is -1.66. The summed E-state index contributed by atoms with van der Waals surface area (Å²) in [6.07, 6.45) is 2.11. The Labute approximate surface area is 116 Å². The van der Waals surface area contributed by atoms with Crippen LogP contribution in [0.4, 0.5) is 0 Å². The summed E-state index contributed by atoms with van der Waals surface area (Å²) in [6.45, 7) is 4.56. The summed E-state index contributed by atoms with van der Waals surface area (Å²) in [5.41, 5.74) is 7.02. The van der Waals surface area contributed by atoms with Gasteiger partial charge in [-0.1, -0.05) is 6.07 Å². The highest BCUT2D eigenvalue weighted by Gasteiger charge is 2.20. The molecule has 2 rings (SSSR count). The van der Waals surface area contributed by atoms with Crippen molar-refractivity contribution in [1.29, 1.82) is 0 Å². The maximum atomic E-state index is 11.0. The monoisotopic (exact) mass is 278 g/mol. The molecule has 19 heavy (non-hydrogen) atoms. The van der Waals surface area contributed by atoms with Gasteiger partial charge in [0.1, 0.15) is 0 Å². The van der Waals surface area contributed by atoms with Gasteiger partial charge in [0.25, 0.3) is 0 Å². The molecule has 0 saturated carbocycles. The molecule has 0 aromatic carbocycles. The van der Waals surface area contributed by atoms with E-state index in [0.29, 0.717) is 13.0 Å². The number of primary amides is 1. The van der Waals surface area contributed by atoms with Crippen LogP contribution in [0, 0.1) is 0 Å². The first-order chi connectivity index (χ1) is 8.98. The second kappa shape index (κ2) is 5.54. The van der Waals surface area contributed by atoms with E-state index in [0.717, 1.165) is 16.1 Å². The molecule has 0 aliphatic heterocycles. The van der Waals surface area contributed by atoms with Crippen molar-refractivity contribution in [3.63, 3.8) is 0 Å². The lowest BCUT2D eigenvalue weighted by Gasteiger charge is -2.24. The molecule has 0 aliphatic carbocycles. The van der Waals surface area contributed by atoms with Crippen molar-refractivity contribution in [3.8, 4) is 10.6 Å². The number of H-pyrrole nitrogens is 1. The summed E-state index contributed by atoms with van der Waals surface area (Å²) in [4.78, 5) is 12.1. The first kappa shape index (κ1) is 13.8. The predicted molar refractivity (Wildman–Crippen MR) is 76.6 cm³/mol. The van der Waals surface area contributed by atoms with Gasteiger partial charge in [0.15, 0.2) is 0 Å². The fraction of sp³-hybridized carbons (Fsp3) is 0.385. The molecule has 0 radical (unpaired) electrons. The normalized spacial score (nSPS) is 11.7. The average Bonchev–Trinajstić information content (AvgIpc) is 2.95. The number of aromatic amines is 1. The van der Waals surface area contributed by atoms with Gasteiger partial charge in [-0.15, -0.1) is 11.3 Å². The van der Waals surface area contributed by atoms with Gasteiger partial charge in [0, 0.05) is 24.1 Å². The molecule has 2 aromatic rings. The summed E-state index contributed by atoms with van der Waals surface area (Å²) < 4.78 is 0. The number of carbonyl (C=O) groups is 1. The van der Waals surface area contributed by atoms with E-state index >= 15 is 0 Å². The molecule has 0 atom stereocenters. The molecule has 0 unspecified atom stereocenters. The van der Waals surface area contributed by atoms with Gasteiger partial charge in [-0.3, -0.25) is 9.89 Å². The molecule has 0 fully saturated rings. The van der Waals surface area contributed by atoms with Crippen molar-refractivity contribution >= 4 is 17.2 Å². The van der Waals surface area contributed by atoms with E-state index in [4.69, 9.17) is 5.73 Å². The largest absolute Gasteiger partial charge is 0.370 e. The van der Waals surface area contributed by atoms with Crippen LogP contribution in [0.25, 0.3) is 10.6 Å². The molecule has 0 aliphatic rings. The van der Waals surface area contributed by atoms with Crippen LogP contribution in [0.1, 0.15) is 25.8 Å². The van der Waals surface area contributed by atoms with Gasteiger partial charge >= 0.3 is 0 Å². The average molecular weight is 278 g/mol. The smallest absolute Gasteiger partial charge is 0.219 e. The Balaban J connectivity index is 2.05. The van der Waals surface area contributed by atoms with Gasteiger partial charge in [-0.2, -0.15) is 5.10 Å². The lowest BCUT2D eigenvalue weighted by atomic mass is 10.00. The van der Waals surface area contributed by atoms with Crippen LogP contribution < -0.4 is 11.1 Å². The van der Waals surface area contributed by atoms with Crippen molar-refractivity contribution in [3.05, 3.63) is 29.3 Å². The minimum Gasteiger partial charge on any atom is -0.370 e. The zero-order valence-corrected chi connectivity index (χ0v) is 11.9. The number of carbonyl (C=O) groups excluding carboxylic acids is 1. The van der Waals surface area contributed by atoms with E-state index in [1.807, 2.05) is 31.5 Å². The minimum absolute atomic E-state index is 0.303. The van der Waals surface area contributed by atoms with Gasteiger partial charge in [-0.05, 0) is 25.3 Å². The number of hydrogen-bond acceptors (Lipinski definition) is 4. The Morgan fingerprint density at radius 2 is 2.37 bits per heavy atom. The molecule has 102 valence electrons. The Morgan fingerprint density at radius 3 is 3.00 bits per heavy atom. The SMILES string of the molecule is CC(C)(CC(N)=O)NCc1cn[nH]c1-c1cccs1. The topological polar surface area (TPSA) is 83.8 Å². The summed E-state index contributed by atoms with van der Waals surface area (Å²) in [7, 11) is 0. The quantitative estimate of drug-likeness (QED) is 0.754. The number of thiophene rings is 1. The second-order valence-electron chi connectivity index (χ2n) is 5.13. The molecular formula is C13H18N4OS. The van der Waals surface area contributed by atoms with Crippen molar-refractivity contribution in [2.45, 2.75) is 32.4 Å². The summed E-state index contributed by atoms with van der Waals surface area (Å²) >= 11 is 1.67. The molecule has 6 heteroatoms. The fourth-order valence-electron chi connectivity index (χ4n) is 1.91. The van der Waals surface area contributed by atoms with Gasteiger partial charge in [0.05, 0.1) is 16.8 Å². The highest BCUT2D eigenvalue weighted by atomic mass is 32.1. The Kier molecular flexibility index (Phi) is 4.01. The lowest BCUT2D eigenvalue weighted by Crippen LogP contribution is -2.42. The number of nitrogens with two attached hydrogens (primary N) is 1. The van der Waals surface area contributed by atoms with E-state index in [2.05, 4.69) is 21.6 Å². The first-order valence-corrected chi connectivity index (χ1v) is 6.95. The third kappa shape index (κ3) is 3.65. The number of amides is 1. The zero-order valence-electron chi connectivity index (χ0n) is 11.1. The summed E-state index contributed by atoms with van der Waals surface area (Å²) in [5.74, 6) is -0.303. The fourth-order valence-corrected chi connectivity index (χ4v) is 2.67. The van der Waals surface area contributed by atoms with Gasteiger partial charge in [0.2, 0.25) is 5.91 Å². The van der Waals surface area contributed by atoms with E-state index in [9.17, 15) is 4.79 Å². The molecular weight excluding hydrogens is 260 g/mol. The zero-order chi connectivity index (χ0) is 13.9. The Morgan fingerprint density at radius 1 is 1.58 bits per heavy atom. The predicted octanol–water partition coefficient (Wildman–Crippen LogP) is 1.88. The third-order valence-corrected chi connectivity index (χ3v) is 3.75. The Bertz CT molecular complexity index is 545. The molecule has 0 bridgehead atoms. The van der Waals surface area contributed by atoms with E-state index < -0.39 is 0 Å². The van der Waals surface area contributed by atoms with E-state index in [1.54, 1.807) is 11.3 Å². The lowest BCUT2D eigenvalue weighted by molar-refractivity contribution is -0.119. The molecule has 5 nitrogen and oxygen atoms in total. The molecule has 2 heterocycles. The standard InChI is InChI=1S/C13H18N4OS/c1-13(2,6-11(14)18)15-7-9-8-16-17-12(9)10-4-3-5-19-10/h3-5,8,15H,6-7H2,1-2H3,(H2,14,18)(H,16,17). The third-order valence-electron chi connectivity index (χ3n) is 2.86. The van der Waals surface area contributed by atoms with Crippen LogP contribution in [0.3, 0.4) is 0 Å². The van der Waals surface area contributed by atoms with Gasteiger partial charge < -0.3 is 11.1 Å².